The highest BCUT2D eigenvalue weighted by Gasteiger charge is 2.26. The van der Waals surface area contributed by atoms with Crippen molar-refractivity contribution in [2.45, 2.75) is 0 Å². The number of para-hydroxylation sites is 1. The molecule has 0 aliphatic carbocycles. The average Bonchev–Trinajstić information content (AvgIpc) is 2.16. The first-order chi connectivity index (χ1) is 7.00. The topological polar surface area (TPSA) is 46.6 Å². The molecule has 15 heavy (non-hydrogen) atoms. The van der Waals surface area contributed by atoms with Crippen LogP contribution in [0.5, 0.6) is 5.75 Å². The summed E-state index contributed by atoms with van der Waals surface area (Å²) in [7, 11) is -3.26. The third-order valence-electron chi connectivity index (χ3n) is 2.16. The molecule has 0 radical (unpaired) electrons. The van der Waals surface area contributed by atoms with Gasteiger partial charge in [-0.3, -0.25) is 4.31 Å². The summed E-state index contributed by atoms with van der Waals surface area (Å²) in [5, 5.41) is 0.431. The third-order valence-corrected chi connectivity index (χ3v) is 3.63. The zero-order valence-electron chi connectivity index (χ0n) is 8.10. The van der Waals surface area contributed by atoms with E-state index in [9.17, 15) is 8.42 Å². The van der Waals surface area contributed by atoms with E-state index in [1.54, 1.807) is 18.2 Å². The largest absolute Gasteiger partial charge is 0.488 e. The van der Waals surface area contributed by atoms with Crippen LogP contribution in [0.4, 0.5) is 5.69 Å². The third kappa shape index (κ3) is 1.89. The van der Waals surface area contributed by atoms with E-state index in [0.717, 1.165) is 0 Å². The zero-order chi connectivity index (χ0) is 11.1. The fourth-order valence-corrected chi connectivity index (χ4v) is 2.66. The lowest BCUT2D eigenvalue weighted by Crippen LogP contribution is -2.37. The van der Waals surface area contributed by atoms with Crippen LogP contribution in [0.15, 0.2) is 18.2 Å². The van der Waals surface area contributed by atoms with Crippen molar-refractivity contribution in [2.24, 2.45) is 0 Å². The Morgan fingerprint density at radius 3 is 2.87 bits per heavy atom. The Hall–Kier alpha value is -0.940. The molecule has 2 rings (SSSR count). The van der Waals surface area contributed by atoms with Gasteiger partial charge in [0.05, 0.1) is 23.5 Å². The van der Waals surface area contributed by atoms with Crippen LogP contribution in [0.2, 0.25) is 5.02 Å². The number of ether oxygens (including phenoxy) is 1. The van der Waals surface area contributed by atoms with Crippen molar-refractivity contribution < 1.29 is 13.2 Å². The molecule has 0 atom stereocenters. The van der Waals surface area contributed by atoms with Crippen LogP contribution in [0, 0.1) is 0 Å². The first-order valence-electron chi connectivity index (χ1n) is 4.39. The first kappa shape index (κ1) is 10.6. The molecule has 0 bridgehead atoms. The van der Waals surface area contributed by atoms with E-state index in [4.69, 9.17) is 16.3 Å². The highest BCUT2D eigenvalue weighted by Crippen LogP contribution is 2.38. The van der Waals surface area contributed by atoms with Gasteiger partial charge < -0.3 is 4.74 Å². The fourth-order valence-electron chi connectivity index (χ4n) is 1.53. The molecule has 0 unspecified atom stereocenters. The van der Waals surface area contributed by atoms with Gasteiger partial charge in [-0.25, -0.2) is 8.42 Å². The van der Waals surface area contributed by atoms with E-state index in [2.05, 4.69) is 0 Å². The predicted octanol–water partition coefficient (Wildman–Crippen LogP) is 1.50. The van der Waals surface area contributed by atoms with Crippen molar-refractivity contribution in [1.29, 1.82) is 0 Å². The molecule has 1 aromatic rings. The van der Waals surface area contributed by atoms with Crippen molar-refractivity contribution in [3.63, 3.8) is 0 Å². The molecule has 0 saturated carbocycles. The molecule has 0 N–H and O–H groups in total. The predicted molar refractivity (Wildman–Crippen MR) is 59.1 cm³/mol. The second kappa shape index (κ2) is 3.57. The van der Waals surface area contributed by atoms with Crippen LogP contribution in [0.1, 0.15) is 0 Å². The maximum Gasteiger partial charge on any atom is 0.232 e. The molecule has 1 aliphatic heterocycles. The van der Waals surface area contributed by atoms with Crippen molar-refractivity contribution in [2.75, 3.05) is 23.7 Å². The van der Waals surface area contributed by atoms with E-state index in [1.165, 1.54) is 10.6 Å². The van der Waals surface area contributed by atoms with E-state index in [-0.39, 0.29) is 0 Å². The van der Waals surface area contributed by atoms with Crippen molar-refractivity contribution in [3.8, 4) is 5.75 Å². The van der Waals surface area contributed by atoms with Crippen LogP contribution in [-0.4, -0.2) is 27.8 Å². The molecular formula is C9H10ClNO3S. The molecule has 1 heterocycles. The van der Waals surface area contributed by atoms with E-state index < -0.39 is 10.0 Å². The van der Waals surface area contributed by atoms with Gasteiger partial charge in [-0.1, -0.05) is 17.7 Å². The summed E-state index contributed by atoms with van der Waals surface area (Å²) < 4.78 is 29.6. The van der Waals surface area contributed by atoms with E-state index >= 15 is 0 Å². The Balaban J connectivity index is 2.57. The minimum atomic E-state index is -3.26. The Morgan fingerprint density at radius 2 is 2.20 bits per heavy atom. The van der Waals surface area contributed by atoms with Gasteiger partial charge in [0, 0.05) is 0 Å². The van der Waals surface area contributed by atoms with Gasteiger partial charge >= 0.3 is 0 Å². The first-order valence-corrected chi connectivity index (χ1v) is 6.62. The summed E-state index contributed by atoms with van der Waals surface area (Å²) in [6.07, 6.45) is 1.17. The average molecular weight is 248 g/mol. The molecule has 0 fully saturated rings. The lowest BCUT2D eigenvalue weighted by atomic mass is 10.2. The summed E-state index contributed by atoms with van der Waals surface area (Å²) in [5.74, 6) is 0.441. The number of hydrogen-bond donors (Lipinski definition) is 0. The summed E-state index contributed by atoms with van der Waals surface area (Å²) in [4.78, 5) is 0. The molecule has 0 spiro atoms. The Bertz CT molecular complexity index is 486. The van der Waals surface area contributed by atoms with Crippen LogP contribution in [0.3, 0.4) is 0 Å². The van der Waals surface area contributed by atoms with Gasteiger partial charge in [-0.2, -0.15) is 0 Å². The molecule has 4 nitrogen and oxygen atoms in total. The summed E-state index contributed by atoms with van der Waals surface area (Å²) in [6.45, 7) is 0.649. The highest BCUT2D eigenvalue weighted by molar-refractivity contribution is 7.92. The second-order valence-corrected chi connectivity index (χ2v) is 5.59. The minimum absolute atomic E-state index is 0.323. The number of rotatable bonds is 1. The van der Waals surface area contributed by atoms with Gasteiger partial charge in [-0.05, 0) is 12.1 Å². The molecule has 1 aromatic carbocycles. The molecule has 0 amide bonds. The smallest absolute Gasteiger partial charge is 0.232 e. The number of sulfonamides is 1. The molecule has 1 aliphatic rings. The lowest BCUT2D eigenvalue weighted by molar-refractivity contribution is 0.316. The van der Waals surface area contributed by atoms with Crippen LogP contribution >= 0.6 is 11.6 Å². The van der Waals surface area contributed by atoms with E-state index in [0.29, 0.717) is 29.6 Å². The molecule has 82 valence electrons. The second-order valence-electron chi connectivity index (χ2n) is 3.27. The minimum Gasteiger partial charge on any atom is -0.488 e. The SMILES string of the molecule is CS(=O)(=O)N1CCOc2c(Cl)cccc21. The van der Waals surface area contributed by atoms with Crippen molar-refractivity contribution in [1.82, 2.24) is 0 Å². The summed E-state index contributed by atoms with van der Waals surface area (Å²) in [5.41, 5.74) is 0.510. The fraction of sp³-hybridized carbons (Fsp3) is 0.333. The van der Waals surface area contributed by atoms with Gasteiger partial charge in [0.15, 0.2) is 5.75 Å². The van der Waals surface area contributed by atoms with E-state index in [1.807, 2.05) is 0 Å². The Morgan fingerprint density at radius 1 is 1.47 bits per heavy atom. The van der Waals surface area contributed by atoms with Crippen LogP contribution < -0.4 is 9.04 Å². The standard InChI is InChI=1S/C9H10ClNO3S/c1-15(12,13)11-5-6-14-9-7(10)3-2-4-8(9)11/h2-4H,5-6H2,1H3. The Kier molecular flexibility index (Phi) is 2.52. The number of anilines is 1. The van der Waals surface area contributed by atoms with Gasteiger partial charge in [-0.15, -0.1) is 0 Å². The molecule has 0 aromatic heterocycles. The molecular weight excluding hydrogens is 238 g/mol. The monoisotopic (exact) mass is 247 g/mol. The Labute approximate surface area is 93.5 Å². The van der Waals surface area contributed by atoms with Crippen molar-refractivity contribution >= 4 is 27.3 Å². The number of benzene rings is 1. The molecule has 0 saturated heterocycles. The zero-order valence-corrected chi connectivity index (χ0v) is 9.68. The quantitative estimate of drug-likeness (QED) is 0.756. The number of hydrogen-bond acceptors (Lipinski definition) is 3. The summed E-state index contributed by atoms with van der Waals surface area (Å²) >= 11 is 5.91. The maximum absolute atomic E-state index is 11.5. The lowest BCUT2D eigenvalue weighted by Gasteiger charge is -2.29. The van der Waals surface area contributed by atoms with Crippen molar-refractivity contribution in [3.05, 3.63) is 23.2 Å². The summed E-state index contributed by atoms with van der Waals surface area (Å²) in [6, 6.07) is 5.06. The maximum atomic E-state index is 11.5. The highest BCUT2D eigenvalue weighted by atomic mass is 35.5. The van der Waals surface area contributed by atoms with Gasteiger partial charge in [0.1, 0.15) is 6.61 Å². The van der Waals surface area contributed by atoms with Crippen LogP contribution in [0.25, 0.3) is 0 Å². The van der Waals surface area contributed by atoms with Gasteiger partial charge in [0.25, 0.3) is 0 Å². The normalized spacial score (nSPS) is 15.7. The molecule has 6 heteroatoms. The number of nitrogens with zero attached hydrogens (tertiary/aromatic N) is 1. The van der Waals surface area contributed by atoms with Gasteiger partial charge in [0.2, 0.25) is 10.0 Å². The van der Waals surface area contributed by atoms with Crippen LogP contribution in [-0.2, 0) is 10.0 Å². The number of halogens is 1. The number of fused-ring (bicyclic) bond motifs is 1.